The third kappa shape index (κ3) is 3.13. The van der Waals surface area contributed by atoms with E-state index in [1.807, 2.05) is 0 Å². The van der Waals surface area contributed by atoms with Gasteiger partial charge in [-0.25, -0.2) is 0 Å². The lowest BCUT2D eigenvalue weighted by Gasteiger charge is -2.19. The van der Waals surface area contributed by atoms with Crippen molar-refractivity contribution >= 4 is 22.5 Å². The largest absolute Gasteiger partial charge is 0.453 e. The molecule has 8 heteroatoms. The van der Waals surface area contributed by atoms with Crippen molar-refractivity contribution in [1.29, 1.82) is 0 Å². The molecule has 0 radical (unpaired) electrons. The van der Waals surface area contributed by atoms with Gasteiger partial charge in [0, 0.05) is 41.6 Å². The van der Waals surface area contributed by atoms with Crippen molar-refractivity contribution in [2.75, 3.05) is 6.54 Å². The second-order valence-electron chi connectivity index (χ2n) is 4.68. The molecule has 0 fully saturated rings. The average molecular weight is 327 g/mol. The molecule has 0 aliphatic heterocycles. The van der Waals surface area contributed by atoms with E-state index in [1.54, 1.807) is 16.7 Å². The normalized spacial score (nSPS) is 13.1. The lowest BCUT2D eigenvalue weighted by atomic mass is 10.1. The van der Waals surface area contributed by atoms with E-state index in [4.69, 9.17) is 17.3 Å². The van der Waals surface area contributed by atoms with E-state index in [0.29, 0.717) is 12.1 Å². The molecule has 1 aromatic heterocycles. The van der Waals surface area contributed by atoms with E-state index in [0.717, 1.165) is 0 Å². The zero-order valence-electron chi connectivity index (χ0n) is 10.7. The fraction of sp³-hybridized carbons (Fsp3) is 0.385. The molecule has 21 heavy (non-hydrogen) atoms. The second-order valence-corrected chi connectivity index (χ2v) is 5.11. The van der Waals surface area contributed by atoms with Crippen LogP contribution in [0.4, 0.5) is 22.0 Å². The molecule has 2 nitrogen and oxygen atoms in total. The molecule has 2 rings (SSSR count). The fourth-order valence-corrected chi connectivity index (χ4v) is 2.32. The summed E-state index contributed by atoms with van der Waals surface area (Å²) in [4.78, 5) is 0. The van der Waals surface area contributed by atoms with Crippen molar-refractivity contribution in [1.82, 2.24) is 4.57 Å². The van der Waals surface area contributed by atoms with Crippen molar-refractivity contribution in [3.63, 3.8) is 0 Å². The predicted molar refractivity (Wildman–Crippen MR) is 70.7 cm³/mol. The van der Waals surface area contributed by atoms with Crippen LogP contribution >= 0.6 is 11.6 Å². The van der Waals surface area contributed by atoms with Crippen molar-refractivity contribution in [2.24, 2.45) is 5.73 Å². The van der Waals surface area contributed by atoms with Gasteiger partial charge in [-0.1, -0.05) is 11.6 Å². The Bertz CT molecular complexity index is 648. The lowest BCUT2D eigenvalue weighted by Crippen LogP contribution is -2.38. The van der Waals surface area contributed by atoms with Gasteiger partial charge in [0.1, 0.15) is 0 Å². The van der Waals surface area contributed by atoms with Crippen LogP contribution in [-0.2, 0) is 13.0 Å². The summed E-state index contributed by atoms with van der Waals surface area (Å²) < 4.78 is 65.1. The Morgan fingerprint density at radius 1 is 1.14 bits per heavy atom. The Morgan fingerprint density at radius 2 is 1.81 bits per heavy atom. The van der Waals surface area contributed by atoms with Crippen LogP contribution in [0, 0.1) is 0 Å². The number of nitrogens with zero attached hydrogens (tertiary/aromatic N) is 1. The Balaban J connectivity index is 2.51. The van der Waals surface area contributed by atoms with Crippen molar-refractivity contribution in [3.8, 4) is 0 Å². The molecule has 2 aromatic rings. The number of halogens is 6. The van der Waals surface area contributed by atoms with Gasteiger partial charge in [-0.2, -0.15) is 22.0 Å². The SMILES string of the molecule is NCCn1cc(CC(F)(F)C(F)(F)F)c2cc(Cl)ccc21. The Labute approximate surface area is 122 Å². The molecule has 1 heterocycles. The number of aromatic nitrogens is 1. The summed E-state index contributed by atoms with van der Waals surface area (Å²) >= 11 is 5.79. The first-order valence-electron chi connectivity index (χ1n) is 6.07. The van der Waals surface area contributed by atoms with Crippen LogP contribution in [0.3, 0.4) is 0 Å². The van der Waals surface area contributed by atoms with Crippen LogP contribution in [0.25, 0.3) is 10.9 Å². The highest BCUT2D eigenvalue weighted by atomic mass is 35.5. The molecule has 0 amide bonds. The Kier molecular flexibility index (Phi) is 4.17. The van der Waals surface area contributed by atoms with Crippen molar-refractivity contribution in [2.45, 2.75) is 25.1 Å². The number of hydrogen-bond acceptors (Lipinski definition) is 1. The topological polar surface area (TPSA) is 30.9 Å². The molecule has 2 N–H and O–H groups in total. The number of rotatable bonds is 4. The highest BCUT2D eigenvalue weighted by Gasteiger charge is 2.57. The van der Waals surface area contributed by atoms with Crippen LogP contribution in [0.5, 0.6) is 0 Å². The first-order chi connectivity index (χ1) is 9.65. The minimum Gasteiger partial charge on any atom is -0.346 e. The van der Waals surface area contributed by atoms with Gasteiger partial charge in [-0.3, -0.25) is 0 Å². The van der Waals surface area contributed by atoms with E-state index in [1.165, 1.54) is 12.3 Å². The summed E-state index contributed by atoms with van der Waals surface area (Å²) in [5.41, 5.74) is 5.83. The van der Waals surface area contributed by atoms with E-state index in [2.05, 4.69) is 0 Å². The zero-order chi connectivity index (χ0) is 15.8. The Hall–Kier alpha value is -1.34. The van der Waals surface area contributed by atoms with E-state index in [9.17, 15) is 22.0 Å². The molecule has 0 bridgehead atoms. The van der Waals surface area contributed by atoms with Gasteiger partial charge in [0.05, 0.1) is 0 Å². The number of nitrogens with two attached hydrogens (primary N) is 1. The number of fused-ring (bicyclic) bond motifs is 1. The van der Waals surface area contributed by atoms with Gasteiger partial charge in [0.15, 0.2) is 0 Å². The molecule has 0 unspecified atom stereocenters. The van der Waals surface area contributed by atoms with Crippen molar-refractivity contribution < 1.29 is 22.0 Å². The molecule has 0 saturated carbocycles. The van der Waals surface area contributed by atoms with Crippen LogP contribution in [0.2, 0.25) is 5.02 Å². The molecule has 0 saturated heterocycles. The smallest absolute Gasteiger partial charge is 0.346 e. The fourth-order valence-electron chi connectivity index (χ4n) is 2.15. The molecular weight excluding hydrogens is 315 g/mol. The minimum atomic E-state index is -5.59. The number of benzene rings is 1. The molecule has 0 aliphatic carbocycles. The molecule has 0 spiro atoms. The monoisotopic (exact) mass is 326 g/mol. The summed E-state index contributed by atoms with van der Waals surface area (Å²) in [6.07, 6.45) is -5.74. The maximum atomic E-state index is 13.2. The van der Waals surface area contributed by atoms with Crippen LogP contribution in [-0.4, -0.2) is 23.2 Å². The van der Waals surface area contributed by atoms with Crippen LogP contribution < -0.4 is 5.73 Å². The average Bonchev–Trinajstić information content (AvgIpc) is 2.65. The first-order valence-corrected chi connectivity index (χ1v) is 6.45. The number of hydrogen-bond donors (Lipinski definition) is 1. The summed E-state index contributed by atoms with van der Waals surface area (Å²) in [6, 6.07) is 4.50. The van der Waals surface area contributed by atoms with E-state index in [-0.39, 0.29) is 22.5 Å². The zero-order valence-corrected chi connectivity index (χ0v) is 11.5. The lowest BCUT2D eigenvalue weighted by molar-refractivity contribution is -0.281. The summed E-state index contributed by atoms with van der Waals surface area (Å²) in [7, 11) is 0. The van der Waals surface area contributed by atoms with Gasteiger partial charge in [-0.05, 0) is 23.8 Å². The molecule has 1 aromatic carbocycles. The third-order valence-corrected chi connectivity index (χ3v) is 3.36. The molecule has 0 aliphatic rings. The Morgan fingerprint density at radius 3 is 2.38 bits per heavy atom. The summed E-state index contributed by atoms with van der Waals surface area (Å²) in [6.45, 7) is 0.553. The van der Waals surface area contributed by atoms with Gasteiger partial charge < -0.3 is 10.3 Å². The quantitative estimate of drug-likeness (QED) is 0.846. The minimum absolute atomic E-state index is 0.108. The van der Waals surface area contributed by atoms with Gasteiger partial charge in [0.25, 0.3) is 0 Å². The molecule has 116 valence electrons. The highest BCUT2D eigenvalue weighted by molar-refractivity contribution is 6.31. The van der Waals surface area contributed by atoms with Crippen LogP contribution in [0.1, 0.15) is 5.56 Å². The highest BCUT2D eigenvalue weighted by Crippen LogP contribution is 2.39. The maximum absolute atomic E-state index is 13.2. The first kappa shape index (κ1) is 16.0. The molecule has 0 atom stereocenters. The number of alkyl halides is 5. The van der Waals surface area contributed by atoms with Gasteiger partial charge >= 0.3 is 12.1 Å². The van der Waals surface area contributed by atoms with Gasteiger partial charge in [0.2, 0.25) is 0 Å². The standard InChI is InChI=1S/C13H12ClF5N2/c14-9-1-2-11-10(5-9)8(7-21(11)4-3-20)6-12(15,16)13(17,18)19/h1-2,5,7H,3-4,6,20H2. The van der Waals surface area contributed by atoms with E-state index < -0.39 is 18.5 Å². The summed E-state index contributed by atoms with van der Waals surface area (Å²) in [5, 5.41) is 0.546. The van der Waals surface area contributed by atoms with Gasteiger partial charge in [-0.15, -0.1) is 0 Å². The second kappa shape index (κ2) is 5.46. The van der Waals surface area contributed by atoms with E-state index >= 15 is 0 Å². The third-order valence-electron chi connectivity index (χ3n) is 3.12. The predicted octanol–water partition coefficient (Wildman–Crippen LogP) is 3.99. The van der Waals surface area contributed by atoms with Crippen LogP contribution in [0.15, 0.2) is 24.4 Å². The maximum Gasteiger partial charge on any atom is 0.453 e. The summed E-state index contributed by atoms with van der Waals surface area (Å²) in [5.74, 6) is -4.79. The van der Waals surface area contributed by atoms with Crippen molar-refractivity contribution in [3.05, 3.63) is 35.0 Å². The molecular formula is C13H12ClF5N2.